The van der Waals surface area contributed by atoms with E-state index in [2.05, 4.69) is 36.1 Å². The molecule has 1 amide bonds. The van der Waals surface area contributed by atoms with Crippen LogP contribution in [0.2, 0.25) is 0 Å². The number of carbonyl (C=O) groups excluding carboxylic acids is 1. The number of nitrogens with one attached hydrogen (secondary N) is 1. The number of oxazole rings is 1. The number of aromatic nitrogens is 3. The average molecular weight is 533 g/mol. The van der Waals surface area contributed by atoms with E-state index in [1.807, 2.05) is 61.7 Å². The number of anilines is 1. The third kappa shape index (κ3) is 5.42. The highest BCUT2D eigenvalue weighted by Gasteiger charge is 2.20. The van der Waals surface area contributed by atoms with E-state index >= 15 is 0 Å². The van der Waals surface area contributed by atoms with Gasteiger partial charge in [0.1, 0.15) is 5.76 Å². The van der Waals surface area contributed by atoms with Crippen LogP contribution in [0.4, 0.5) is 5.13 Å². The molecule has 5 rings (SSSR count). The fraction of sp³-hybridized carbons (Fsp3) is 0.250. The molecule has 2 aromatic carbocycles. The van der Waals surface area contributed by atoms with Crippen LogP contribution in [-0.4, -0.2) is 25.5 Å². The lowest BCUT2D eigenvalue weighted by Crippen LogP contribution is -2.18. The summed E-state index contributed by atoms with van der Waals surface area (Å²) in [5.74, 6) is 1.84. The van der Waals surface area contributed by atoms with Crippen molar-refractivity contribution < 1.29 is 14.3 Å². The molecule has 2 N–H and O–H groups in total. The maximum atomic E-state index is 12.9. The van der Waals surface area contributed by atoms with Crippen LogP contribution in [0.1, 0.15) is 50.8 Å². The minimum absolute atomic E-state index is 0.0758. The van der Waals surface area contributed by atoms with Crippen LogP contribution in [-0.2, 0) is 16.0 Å². The molecule has 3 heterocycles. The largest absolute Gasteiger partial charge is 0.494 e. The molecule has 0 fully saturated rings. The average Bonchev–Trinajstić information content (AvgIpc) is 3.62. The number of benzene rings is 2. The monoisotopic (exact) mass is 532 g/mol. The Bertz CT molecular complexity index is 1540. The van der Waals surface area contributed by atoms with E-state index in [9.17, 15) is 9.90 Å². The Morgan fingerprint density at radius 2 is 1.89 bits per heavy atom. The Labute approximate surface area is 223 Å². The Hall–Kier alpha value is -3.56. The molecule has 0 radical (unpaired) electrons. The van der Waals surface area contributed by atoms with Gasteiger partial charge in [-0.15, -0.1) is 11.8 Å². The molecule has 0 saturated heterocycles. The van der Waals surface area contributed by atoms with Gasteiger partial charge in [0.25, 0.3) is 0 Å². The van der Waals surface area contributed by atoms with E-state index < -0.39 is 0 Å². The van der Waals surface area contributed by atoms with Crippen molar-refractivity contribution in [3.05, 3.63) is 84.3 Å². The summed E-state index contributed by atoms with van der Waals surface area (Å²) in [6.45, 7) is 8.14. The SMILES string of the molecule is CC(C(=O)Nc1ncc(SCc2ncc(C(C)(C)C)o2)s1)c1ccc(-n2cc3ccccc3c2O)cc1. The lowest BCUT2D eigenvalue weighted by Gasteiger charge is -2.13. The first-order valence-corrected chi connectivity index (χ1v) is 13.7. The van der Waals surface area contributed by atoms with Crippen molar-refractivity contribution in [1.29, 1.82) is 0 Å². The molecular weight excluding hydrogens is 504 g/mol. The molecule has 5 aromatic rings. The lowest BCUT2D eigenvalue weighted by molar-refractivity contribution is -0.117. The Morgan fingerprint density at radius 3 is 2.59 bits per heavy atom. The number of hydrogen-bond donors (Lipinski definition) is 2. The van der Waals surface area contributed by atoms with Crippen molar-refractivity contribution >= 4 is 44.9 Å². The summed E-state index contributed by atoms with van der Waals surface area (Å²) in [6, 6.07) is 15.3. The molecule has 1 unspecified atom stereocenters. The van der Waals surface area contributed by atoms with E-state index in [1.54, 1.807) is 28.7 Å². The highest BCUT2D eigenvalue weighted by atomic mass is 32.2. The zero-order valence-corrected chi connectivity index (χ0v) is 22.7. The van der Waals surface area contributed by atoms with Gasteiger partial charge in [-0.25, -0.2) is 9.97 Å². The number of aromatic hydroxyl groups is 1. The fourth-order valence-corrected chi connectivity index (χ4v) is 5.60. The number of thiazole rings is 1. The molecule has 1 atom stereocenters. The molecule has 0 aliphatic rings. The standard InChI is InChI=1S/C28H28N4O3S2/c1-17(18-9-11-20(12-10-18)32-15-19-7-5-6-8-21(19)26(32)34)25(33)31-27-30-14-24(37-27)36-16-23-29-13-22(35-23)28(2,3)4/h5-15,17,34H,16H2,1-4H3,(H,30,31,33). The first-order valence-electron chi connectivity index (χ1n) is 11.9. The van der Waals surface area contributed by atoms with Gasteiger partial charge in [0.05, 0.1) is 28.3 Å². The van der Waals surface area contributed by atoms with Crippen molar-refractivity contribution in [3.8, 4) is 11.6 Å². The van der Waals surface area contributed by atoms with Crippen LogP contribution in [0.25, 0.3) is 16.5 Å². The van der Waals surface area contributed by atoms with Crippen LogP contribution in [0.5, 0.6) is 5.88 Å². The number of amides is 1. The van der Waals surface area contributed by atoms with Crippen molar-refractivity contribution in [2.75, 3.05) is 5.32 Å². The third-order valence-corrected chi connectivity index (χ3v) is 8.20. The topological polar surface area (TPSA) is 93.2 Å². The minimum atomic E-state index is -0.366. The van der Waals surface area contributed by atoms with Gasteiger partial charge in [0, 0.05) is 28.1 Å². The number of hydrogen-bond acceptors (Lipinski definition) is 7. The Balaban J connectivity index is 1.20. The van der Waals surface area contributed by atoms with Gasteiger partial charge < -0.3 is 14.8 Å². The highest BCUT2D eigenvalue weighted by Crippen LogP contribution is 2.33. The van der Waals surface area contributed by atoms with E-state index in [1.165, 1.54) is 11.3 Å². The van der Waals surface area contributed by atoms with Crippen LogP contribution >= 0.6 is 23.1 Å². The van der Waals surface area contributed by atoms with Crippen molar-refractivity contribution in [2.24, 2.45) is 0 Å². The number of fused-ring (bicyclic) bond motifs is 1. The molecule has 190 valence electrons. The summed E-state index contributed by atoms with van der Waals surface area (Å²) < 4.78 is 8.57. The Morgan fingerprint density at radius 1 is 1.14 bits per heavy atom. The van der Waals surface area contributed by atoms with Crippen molar-refractivity contribution in [3.63, 3.8) is 0 Å². The van der Waals surface area contributed by atoms with Gasteiger partial charge in [-0.3, -0.25) is 9.36 Å². The van der Waals surface area contributed by atoms with Crippen LogP contribution < -0.4 is 5.32 Å². The van der Waals surface area contributed by atoms with Crippen LogP contribution in [0, 0.1) is 0 Å². The van der Waals surface area contributed by atoms with E-state index in [0.717, 1.165) is 32.0 Å². The molecule has 0 spiro atoms. The summed E-state index contributed by atoms with van der Waals surface area (Å²) >= 11 is 3.01. The summed E-state index contributed by atoms with van der Waals surface area (Å²) in [5, 5.41) is 15.8. The summed E-state index contributed by atoms with van der Waals surface area (Å²) in [4.78, 5) is 21.6. The quantitative estimate of drug-likeness (QED) is 0.217. The molecule has 7 nitrogen and oxygen atoms in total. The minimum Gasteiger partial charge on any atom is -0.494 e. The van der Waals surface area contributed by atoms with Crippen molar-refractivity contribution in [2.45, 2.75) is 49.0 Å². The zero-order valence-electron chi connectivity index (χ0n) is 21.1. The first kappa shape index (κ1) is 25.1. The molecule has 0 aliphatic heterocycles. The molecule has 3 aromatic heterocycles. The second-order valence-electron chi connectivity index (χ2n) is 9.85. The van der Waals surface area contributed by atoms with E-state index in [-0.39, 0.29) is 23.1 Å². The van der Waals surface area contributed by atoms with Gasteiger partial charge in [-0.1, -0.05) is 62.4 Å². The molecular formula is C28H28N4O3S2. The smallest absolute Gasteiger partial charge is 0.233 e. The number of rotatable bonds is 7. The normalized spacial score (nSPS) is 12.6. The van der Waals surface area contributed by atoms with Crippen molar-refractivity contribution in [1.82, 2.24) is 14.5 Å². The predicted molar refractivity (Wildman–Crippen MR) is 149 cm³/mol. The molecule has 0 bridgehead atoms. The van der Waals surface area contributed by atoms with Gasteiger partial charge in [0.15, 0.2) is 5.13 Å². The second-order valence-corrected chi connectivity index (χ2v) is 12.2. The van der Waals surface area contributed by atoms with Gasteiger partial charge in [-0.2, -0.15) is 0 Å². The summed E-state index contributed by atoms with van der Waals surface area (Å²) in [7, 11) is 0. The van der Waals surface area contributed by atoms with Crippen LogP contribution in [0.3, 0.4) is 0 Å². The first-order chi connectivity index (χ1) is 17.7. The predicted octanol–water partition coefficient (Wildman–Crippen LogP) is 7.11. The number of thioether (sulfide) groups is 1. The summed E-state index contributed by atoms with van der Waals surface area (Å²) in [6.07, 6.45) is 5.44. The number of nitrogens with zero attached hydrogens (tertiary/aromatic N) is 3. The lowest BCUT2D eigenvalue weighted by atomic mass is 9.94. The zero-order chi connectivity index (χ0) is 26.2. The molecule has 0 aliphatic carbocycles. The van der Waals surface area contributed by atoms with Gasteiger partial charge >= 0.3 is 0 Å². The second kappa shape index (κ2) is 10.1. The van der Waals surface area contributed by atoms with E-state index in [0.29, 0.717) is 16.8 Å². The molecule has 9 heteroatoms. The molecule has 0 saturated carbocycles. The maximum Gasteiger partial charge on any atom is 0.233 e. The molecule has 37 heavy (non-hydrogen) atoms. The third-order valence-electron chi connectivity index (χ3n) is 6.11. The Kier molecular flexibility index (Phi) is 6.83. The highest BCUT2D eigenvalue weighted by molar-refractivity contribution is 8.00. The fourth-order valence-electron chi connectivity index (χ4n) is 3.87. The van der Waals surface area contributed by atoms with E-state index in [4.69, 9.17) is 4.42 Å². The van der Waals surface area contributed by atoms with Crippen LogP contribution in [0.15, 0.2) is 75.7 Å². The summed E-state index contributed by atoms with van der Waals surface area (Å²) in [5.41, 5.74) is 1.63. The van der Waals surface area contributed by atoms with Gasteiger partial charge in [0.2, 0.25) is 17.7 Å². The van der Waals surface area contributed by atoms with Gasteiger partial charge in [-0.05, 0) is 30.7 Å². The number of carbonyl (C=O) groups is 1. The maximum absolute atomic E-state index is 12.9.